The quantitative estimate of drug-likeness (QED) is 0.924. The minimum Gasteiger partial charge on any atom is -0.476 e. The highest BCUT2D eigenvalue weighted by Crippen LogP contribution is 2.33. The molecule has 1 N–H and O–H groups in total. The fourth-order valence-corrected chi connectivity index (χ4v) is 1.70. The molecule has 1 heterocycles. The Kier molecular flexibility index (Phi) is 3.23. The van der Waals surface area contributed by atoms with Crippen LogP contribution >= 0.6 is 11.6 Å². The molecule has 1 aromatic heterocycles. The number of hydrogen-bond donors (Lipinski definition) is 1. The van der Waals surface area contributed by atoms with Crippen molar-refractivity contribution in [3.8, 4) is 5.69 Å². The molecule has 0 atom stereocenters. The molecule has 0 unspecified atom stereocenters. The largest absolute Gasteiger partial charge is 0.476 e. The Bertz CT molecular complexity index is 620. The van der Waals surface area contributed by atoms with Crippen LogP contribution < -0.4 is 0 Å². The normalized spacial score (nSPS) is 11.6. The smallest absolute Gasteiger partial charge is 0.434 e. The van der Waals surface area contributed by atoms with E-state index in [9.17, 15) is 18.0 Å². The third-order valence-electron chi connectivity index (χ3n) is 2.34. The number of aromatic carboxylic acids is 1. The van der Waals surface area contributed by atoms with E-state index in [1.165, 1.54) is 24.3 Å². The second kappa shape index (κ2) is 4.58. The summed E-state index contributed by atoms with van der Waals surface area (Å²) in [7, 11) is 0. The molecule has 0 aliphatic heterocycles. The van der Waals surface area contributed by atoms with E-state index in [1.54, 1.807) is 0 Å². The van der Waals surface area contributed by atoms with Crippen molar-refractivity contribution < 1.29 is 23.1 Å². The van der Waals surface area contributed by atoms with Crippen molar-refractivity contribution in [2.24, 2.45) is 0 Å². The Hall–Kier alpha value is -2.02. The van der Waals surface area contributed by atoms with Gasteiger partial charge in [0, 0.05) is 10.7 Å². The van der Waals surface area contributed by atoms with Crippen molar-refractivity contribution in [2.45, 2.75) is 6.18 Å². The van der Waals surface area contributed by atoms with Gasteiger partial charge in [-0.2, -0.15) is 13.2 Å². The van der Waals surface area contributed by atoms with Crippen LogP contribution in [-0.2, 0) is 6.18 Å². The van der Waals surface area contributed by atoms with E-state index in [-0.39, 0.29) is 5.69 Å². The van der Waals surface area contributed by atoms with Gasteiger partial charge in [0.1, 0.15) is 6.33 Å². The van der Waals surface area contributed by atoms with Gasteiger partial charge in [-0.05, 0) is 24.3 Å². The fraction of sp³-hybridized carbons (Fsp3) is 0.0909. The van der Waals surface area contributed by atoms with Crippen molar-refractivity contribution in [1.82, 2.24) is 9.55 Å². The van der Waals surface area contributed by atoms with Gasteiger partial charge >= 0.3 is 12.1 Å². The molecule has 0 saturated carbocycles. The third-order valence-corrected chi connectivity index (χ3v) is 2.60. The standard InChI is InChI=1S/C11H6ClF3N2O2/c12-6-1-3-7(4-2-6)17-5-16-8(10(18)19)9(17)11(13,14)15/h1-5H,(H,18,19). The molecule has 19 heavy (non-hydrogen) atoms. The summed E-state index contributed by atoms with van der Waals surface area (Å²) in [6, 6.07) is 5.48. The maximum absolute atomic E-state index is 12.9. The lowest BCUT2D eigenvalue weighted by Gasteiger charge is -2.11. The van der Waals surface area contributed by atoms with E-state index in [1.807, 2.05) is 0 Å². The molecule has 0 bridgehead atoms. The highest BCUT2D eigenvalue weighted by molar-refractivity contribution is 6.30. The van der Waals surface area contributed by atoms with Crippen LogP contribution in [0.2, 0.25) is 5.02 Å². The Labute approximate surface area is 110 Å². The van der Waals surface area contributed by atoms with Crippen LogP contribution in [0.4, 0.5) is 13.2 Å². The molecule has 0 saturated heterocycles. The minimum absolute atomic E-state index is 0.122. The van der Waals surface area contributed by atoms with Crippen LogP contribution in [-0.4, -0.2) is 20.6 Å². The average molecular weight is 291 g/mol. The molecular formula is C11H6ClF3N2O2. The maximum Gasteiger partial charge on any atom is 0.434 e. The molecule has 1 aromatic carbocycles. The van der Waals surface area contributed by atoms with E-state index in [0.29, 0.717) is 9.59 Å². The van der Waals surface area contributed by atoms with Crippen LogP contribution in [0, 0.1) is 0 Å². The summed E-state index contributed by atoms with van der Waals surface area (Å²) in [4.78, 5) is 14.1. The van der Waals surface area contributed by atoms with Crippen molar-refractivity contribution in [2.75, 3.05) is 0 Å². The molecule has 0 aliphatic carbocycles. The Morgan fingerprint density at radius 3 is 2.32 bits per heavy atom. The zero-order chi connectivity index (χ0) is 14.2. The highest BCUT2D eigenvalue weighted by atomic mass is 35.5. The number of nitrogens with zero attached hydrogens (tertiary/aromatic N) is 2. The first kappa shape index (κ1) is 13.4. The van der Waals surface area contributed by atoms with E-state index < -0.39 is 23.5 Å². The molecule has 2 aromatic rings. The number of carboxylic acid groups (broad SMARTS) is 1. The van der Waals surface area contributed by atoms with Gasteiger partial charge in [0.2, 0.25) is 0 Å². The van der Waals surface area contributed by atoms with Gasteiger partial charge in [-0.25, -0.2) is 9.78 Å². The molecule has 0 fully saturated rings. The van der Waals surface area contributed by atoms with Gasteiger partial charge in [0.25, 0.3) is 0 Å². The van der Waals surface area contributed by atoms with Crippen molar-refractivity contribution >= 4 is 17.6 Å². The van der Waals surface area contributed by atoms with E-state index in [4.69, 9.17) is 16.7 Å². The SMILES string of the molecule is O=C(O)c1ncn(-c2ccc(Cl)cc2)c1C(F)(F)F. The summed E-state index contributed by atoms with van der Waals surface area (Å²) in [5.74, 6) is -1.74. The van der Waals surface area contributed by atoms with Gasteiger partial charge in [-0.15, -0.1) is 0 Å². The summed E-state index contributed by atoms with van der Waals surface area (Å²) in [5, 5.41) is 9.09. The molecule has 0 amide bonds. The first-order chi connectivity index (χ1) is 8.80. The molecule has 2 rings (SSSR count). The summed E-state index contributed by atoms with van der Waals surface area (Å²) in [6.07, 6.45) is -4.01. The van der Waals surface area contributed by atoms with Crippen molar-refractivity contribution in [1.29, 1.82) is 0 Å². The zero-order valence-corrected chi connectivity index (χ0v) is 9.90. The highest BCUT2D eigenvalue weighted by Gasteiger charge is 2.40. The monoisotopic (exact) mass is 290 g/mol. The van der Waals surface area contributed by atoms with Gasteiger partial charge in [-0.1, -0.05) is 11.6 Å². The molecule has 8 heteroatoms. The summed E-state index contributed by atoms with van der Waals surface area (Å²) in [5.41, 5.74) is -2.25. The second-order valence-electron chi connectivity index (χ2n) is 3.59. The number of alkyl halides is 3. The molecule has 4 nitrogen and oxygen atoms in total. The van der Waals surface area contributed by atoms with Crippen LogP contribution in [0.3, 0.4) is 0 Å². The van der Waals surface area contributed by atoms with Crippen molar-refractivity contribution in [3.05, 3.63) is 47.0 Å². The lowest BCUT2D eigenvalue weighted by molar-refractivity contribution is -0.142. The van der Waals surface area contributed by atoms with E-state index in [2.05, 4.69) is 4.98 Å². The lowest BCUT2D eigenvalue weighted by Crippen LogP contribution is -2.16. The Balaban J connectivity index is 2.64. The summed E-state index contributed by atoms with van der Waals surface area (Å²) in [6.45, 7) is 0. The topological polar surface area (TPSA) is 55.1 Å². The predicted octanol–water partition coefficient (Wildman–Crippen LogP) is 3.24. The van der Waals surface area contributed by atoms with Crippen LogP contribution in [0.5, 0.6) is 0 Å². The first-order valence-electron chi connectivity index (χ1n) is 4.94. The molecule has 100 valence electrons. The fourth-order valence-electron chi connectivity index (χ4n) is 1.57. The Morgan fingerprint density at radius 1 is 1.26 bits per heavy atom. The number of benzene rings is 1. The minimum atomic E-state index is -4.83. The summed E-state index contributed by atoms with van der Waals surface area (Å²) < 4.78 is 39.4. The van der Waals surface area contributed by atoms with E-state index in [0.717, 1.165) is 6.33 Å². The number of carboxylic acids is 1. The molecule has 0 aliphatic rings. The van der Waals surface area contributed by atoms with Crippen LogP contribution in [0.25, 0.3) is 5.69 Å². The van der Waals surface area contributed by atoms with Gasteiger partial charge < -0.3 is 5.11 Å². The summed E-state index contributed by atoms with van der Waals surface area (Å²) >= 11 is 5.64. The van der Waals surface area contributed by atoms with Gasteiger partial charge in [0.05, 0.1) is 0 Å². The molecular weight excluding hydrogens is 285 g/mol. The number of halogens is 4. The number of carbonyl (C=O) groups is 1. The zero-order valence-electron chi connectivity index (χ0n) is 9.15. The van der Waals surface area contributed by atoms with Crippen molar-refractivity contribution in [3.63, 3.8) is 0 Å². The average Bonchev–Trinajstić information content (AvgIpc) is 2.74. The molecule has 0 spiro atoms. The predicted molar refractivity (Wildman–Crippen MR) is 60.5 cm³/mol. The van der Waals surface area contributed by atoms with Crippen LogP contribution in [0.15, 0.2) is 30.6 Å². The number of rotatable bonds is 2. The maximum atomic E-state index is 12.9. The van der Waals surface area contributed by atoms with Gasteiger partial charge in [-0.3, -0.25) is 4.57 Å². The second-order valence-corrected chi connectivity index (χ2v) is 4.03. The number of aromatic nitrogens is 2. The number of hydrogen-bond acceptors (Lipinski definition) is 2. The Morgan fingerprint density at radius 2 is 1.84 bits per heavy atom. The number of imidazole rings is 1. The van der Waals surface area contributed by atoms with E-state index >= 15 is 0 Å². The first-order valence-corrected chi connectivity index (χ1v) is 5.32. The molecule has 0 radical (unpaired) electrons. The third kappa shape index (κ3) is 2.55. The lowest BCUT2D eigenvalue weighted by atomic mass is 10.2. The van der Waals surface area contributed by atoms with Crippen LogP contribution in [0.1, 0.15) is 16.2 Å². The van der Waals surface area contributed by atoms with Gasteiger partial charge in [0.15, 0.2) is 11.4 Å².